The summed E-state index contributed by atoms with van der Waals surface area (Å²) in [5.74, 6) is -0.0446. The van der Waals surface area contributed by atoms with Crippen LogP contribution in [0.25, 0.3) is 6.08 Å². The lowest BCUT2D eigenvalue weighted by Crippen LogP contribution is -2.39. The van der Waals surface area contributed by atoms with E-state index >= 15 is 0 Å². The summed E-state index contributed by atoms with van der Waals surface area (Å²) in [5.41, 5.74) is 0.931. The fourth-order valence-electron chi connectivity index (χ4n) is 2.48. The van der Waals surface area contributed by atoms with E-state index in [4.69, 9.17) is 12.2 Å². The SMILES string of the molecule is O=C1/C(=C/c2ccc(I)cc2)SC(=S)N1C1CCS(=O)(=O)C1. The van der Waals surface area contributed by atoms with Gasteiger partial charge in [0.2, 0.25) is 0 Å². The van der Waals surface area contributed by atoms with Crippen LogP contribution in [0.1, 0.15) is 12.0 Å². The highest BCUT2D eigenvalue weighted by Crippen LogP contribution is 2.36. The molecule has 1 aromatic rings. The third kappa shape index (κ3) is 3.39. The zero-order valence-corrected chi connectivity index (χ0v) is 16.0. The number of amides is 1. The predicted molar refractivity (Wildman–Crippen MR) is 101 cm³/mol. The van der Waals surface area contributed by atoms with E-state index in [0.29, 0.717) is 15.6 Å². The summed E-state index contributed by atoms with van der Waals surface area (Å²) in [4.78, 5) is 14.6. The monoisotopic (exact) mass is 465 g/mol. The Morgan fingerprint density at radius 1 is 1.32 bits per heavy atom. The molecule has 0 bridgehead atoms. The van der Waals surface area contributed by atoms with E-state index in [1.54, 1.807) is 6.08 Å². The largest absolute Gasteiger partial charge is 0.289 e. The van der Waals surface area contributed by atoms with Gasteiger partial charge in [0, 0.05) is 3.57 Å². The summed E-state index contributed by atoms with van der Waals surface area (Å²) in [6.07, 6.45) is 2.27. The predicted octanol–water partition coefficient (Wildman–Crippen LogP) is 2.68. The fraction of sp³-hybridized carbons (Fsp3) is 0.286. The molecule has 3 rings (SSSR count). The Hall–Kier alpha value is -0.450. The van der Waals surface area contributed by atoms with Crippen LogP contribution >= 0.6 is 46.6 Å². The Morgan fingerprint density at radius 2 is 2.00 bits per heavy atom. The molecule has 116 valence electrons. The van der Waals surface area contributed by atoms with Crippen molar-refractivity contribution in [3.63, 3.8) is 0 Å². The average Bonchev–Trinajstić information content (AvgIpc) is 2.93. The molecule has 8 heteroatoms. The van der Waals surface area contributed by atoms with Gasteiger partial charge in [-0.2, -0.15) is 0 Å². The molecule has 2 saturated heterocycles. The lowest BCUT2D eigenvalue weighted by molar-refractivity contribution is -0.123. The van der Waals surface area contributed by atoms with Crippen LogP contribution in [0.2, 0.25) is 0 Å². The topological polar surface area (TPSA) is 54.5 Å². The number of thiocarbonyl (C=S) groups is 1. The van der Waals surface area contributed by atoms with Gasteiger partial charge in [0.05, 0.1) is 22.5 Å². The summed E-state index contributed by atoms with van der Waals surface area (Å²) in [7, 11) is -3.04. The van der Waals surface area contributed by atoms with Crippen molar-refractivity contribution in [3.8, 4) is 0 Å². The Balaban J connectivity index is 1.84. The van der Waals surface area contributed by atoms with E-state index in [9.17, 15) is 13.2 Å². The Labute approximate surface area is 152 Å². The van der Waals surface area contributed by atoms with Crippen molar-refractivity contribution in [2.75, 3.05) is 11.5 Å². The summed E-state index contributed by atoms with van der Waals surface area (Å²) in [6, 6.07) is 7.50. The third-order valence-electron chi connectivity index (χ3n) is 3.56. The van der Waals surface area contributed by atoms with Crippen molar-refractivity contribution in [2.45, 2.75) is 12.5 Å². The maximum Gasteiger partial charge on any atom is 0.266 e. The van der Waals surface area contributed by atoms with Crippen LogP contribution in [0.3, 0.4) is 0 Å². The van der Waals surface area contributed by atoms with Crippen LogP contribution in [0, 0.1) is 3.57 Å². The van der Waals surface area contributed by atoms with Crippen LogP contribution in [0.4, 0.5) is 0 Å². The molecular formula is C14H12INO3S3. The molecule has 0 aromatic heterocycles. The van der Waals surface area contributed by atoms with Gasteiger partial charge in [-0.3, -0.25) is 9.69 Å². The number of rotatable bonds is 2. The number of nitrogens with zero attached hydrogens (tertiary/aromatic N) is 1. The van der Waals surface area contributed by atoms with Gasteiger partial charge in [-0.25, -0.2) is 8.42 Å². The minimum absolute atomic E-state index is 0.0102. The molecule has 2 heterocycles. The smallest absolute Gasteiger partial charge is 0.266 e. The Kier molecular flexibility index (Phi) is 4.64. The first kappa shape index (κ1) is 16.4. The van der Waals surface area contributed by atoms with Crippen LogP contribution in [-0.4, -0.2) is 41.1 Å². The van der Waals surface area contributed by atoms with Crippen LogP contribution in [0.5, 0.6) is 0 Å². The molecule has 0 radical (unpaired) electrons. The first-order chi connectivity index (χ1) is 10.4. The highest BCUT2D eigenvalue weighted by Gasteiger charge is 2.41. The van der Waals surface area contributed by atoms with Crippen molar-refractivity contribution in [2.24, 2.45) is 0 Å². The zero-order chi connectivity index (χ0) is 15.9. The number of sulfone groups is 1. The molecule has 1 amide bonds. The second-order valence-electron chi connectivity index (χ2n) is 5.16. The van der Waals surface area contributed by atoms with Crippen molar-refractivity contribution >= 4 is 72.7 Å². The molecule has 1 atom stereocenters. The highest BCUT2D eigenvalue weighted by atomic mass is 127. The lowest BCUT2D eigenvalue weighted by atomic mass is 10.2. The van der Waals surface area contributed by atoms with E-state index < -0.39 is 9.84 Å². The van der Waals surface area contributed by atoms with E-state index in [1.165, 1.54) is 16.7 Å². The van der Waals surface area contributed by atoms with Gasteiger partial charge in [-0.05, 0) is 52.8 Å². The van der Waals surface area contributed by atoms with Crippen molar-refractivity contribution < 1.29 is 13.2 Å². The van der Waals surface area contributed by atoms with Crippen LogP contribution in [0.15, 0.2) is 29.2 Å². The molecular weight excluding hydrogens is 453 g/mol. The van der Waals surface area contributed by atoms with Gasteiger partial charge in [0.15, 0.2) is 9.84 Å². The van der Waals surface area contributed by atoms with Gasteiger partial charge < -0.3 is 0 Å². The highest BCUT2D eigenvalue weighted by molar-refractivity contribution is 14.1. The number of carbonyl (C=O) groups is 1. The molecule has 2 aliphatic rings. The first-order valence-corrected chi connectivity index (χ1v) is 10.7. The molecule has 1 unspecified atom stereocenters. The van der Waals surface area contributed by atoms with Crippen molar-refractivity contribution in [3.05, 3.63) is 38.3 Å². The van der Waals surface area contributed by atoms with E-state index in [2.05, 4.69) is 22.6 Å². The molecule has 0 N–H and O–H groups in total. The summed E-state index contributed by atoms with van der Waals surface area (Å²) >= 11 is 8.74. The second-order valence-corrected chi connectivity index (χ2v) is 10.3. The molecule has 0 saturated carbocycles. The minimum Gasteiger partial charge on any atom is -0.289 e. The van der Waals surface area contributed by atoms with Crippen molar-refractivity contribution in [1.29, 1.82) is 0 Å². The average molecular weight is 465 g/mol. The number of hydrogen-bond donors (Lipinski definition) is 0. The number of halogens is 1. The van der Waals surface area contributed by atoms with Gasteiger partial charge in [0.1, 0.15) is 4.32 Å². The fourth-order valence-corrected chi connectivity index (χ4v) is 5.94. The second kappa shape index (κ2) is 6.21. The maximum atomic E-state index is 12.5. The molecule has 22 heavy (non-hydrogen) atoms. The normalized spacial score (nSPS) is 26.1. The molecule has 1 aromatic carbocycles. The summed E-state index contributed by atoms with van der Waals surface area (Å²) in [6.45, 7) is 0. The Bertz CT molecular complexity index is 771. The van der Waals surface area contributed by atoms with Crippen LogP contribution < -0.4 is 0 Å². The van der Waals surface area contributed by atoms with E-state index in [0.717, 1.165) is 9.13 Å². The maximum absolute atomic E-state index is 12.5. The number of carbonyl (C=O) groups excluding carboxylic acids is 1. The van der Waals surface area contributed by atoms with E-state index in [-0.39, 0.29) is 23.5 Å². The van der Waals surface area contributed by atoms with E-state index in [1.807, 2.05) is 24.3 Å². The third-order valence-corrected chi connectivity index (χ3v) is 7.36. The molecule has 2 fully saturated rings. The van der Waals surface area contributed by atoms with Crippen LogP contribution in [-0.2, 0) is 14.6 Å². The first-order valence-electron chi connectivity index (χ1n) is 6.59. The Morgan fingerprint density at radius 3 is 2.59 bits per heavy atom. The standard InChI is InChI=1S/C14H12INO3S3/c15-10-3-1-9(2-4-10)7-12-13(17)16(14(20)21-12)11-5-6-22(18,19)8-11/h1-4,7,11H,5-6,8H2/b12-7-. The zero-order valence-electron chi connectivity index (χ0n) is 11.4. The minimum atomic E-state index is -3.04. The number of benzene rings is 1. The molecule has 0 aliphatic carbocycles. The number of thioether (sulfide) groups is 1. The van der Waals surface area contributed by atoms with Gasteiger partial charge in [0.25, 0.3) is 5.91 Å². The summed E-state index contributed by atoms with van der Waals surface area (Å²) < 4.78 is 24.8. The quantitative estimate of drug-likeness (QED) is 0.382. The van der Waals surface area contributed by atoms with Gasteiger partial charge >= 0.3 is 0 Å². The molecule has 0 spiro atoms. The summed E-state index contributed by atoms with van der Waals surface area (Å²) in [5, 5.41) is 0. The number of hydrogen-bond acceptors (Lipinski definition) is 5. The molecule has 4 nitrogen and oxygen atoms in total. The lowest BCUT2D eigenvalue weighted by Gasteiger charge is -2.20. The van der Waals surface area contributed by atoms with Gasteiger partial charge in [-0.15, -0.1) is 0 Å². The molecule has 2 aliphatic heterocycles. The van der Waals surface area contributed by atoms with Gasteiger partial charge in [-0.1, -0.05) is 36.1 Å². The van der Waals surface area contributed by atoms with Crippen molar-refractivity contribution in [1.82, 2.24) is 4.90 Å².